The van der Waals surface area contributed by atoms with Crippen molar-refractivity contribution < 1.29 is 57.7 Å². The molecule has 0 nitrogen and oxygen atoms in total. The number of halogens is 3. The van der Waals surface area contributed by atoms with Gasteiger partial charge in [-0.05, 0) is 0 Å². The van der Waals surface area contributed by atoms with Gasteiger partial charge in [0.05, 0.1) is 0 Å². The molecule has 4 rings (SSSR count). The molecular formula is C60H93Cl3SiTi. The first-order chi connectivity index (χ1) is 30.3. The van der Waals surface area contributed by atoms with Crippen LogP contribution in [0.2, 0.25) is 0 Å². The van der Waals surface area contributed by atoms with Crippen LogP contribution >= 0.6 is 0 Å². The van der Waals surface area contributed by atoms with Gasteiger partial charge in [-0.2, -0.15) is 0 Å². The average Bonchev–Trinajstić information content (AvgIpc) is 3.61. The fourth-order valence-corrected chi connectivity index (χ4v) is 16.6. The summed E-state index contributed by atoms with van der Waals surface area (Å²) in [6.45, 7) is 16.6. The second-order valence-corrected chi connectivity index (χ2v) is 24.3. The molecule has 0 unspecified atom stereocenters. The predicted octanol–water partition coefficient (Wildman–Crippen LogP) is 7.60. The first-order valence-electron chi connectivity index (χ1n) is 26.9. The van der Waals surface area contributed by atoms with Crippen LogP contribution in [0, 0.1) is 0 Å². The van der Waals surface area contributed by atoms with Crippen LogP contribution in [0.15, 0.2) is 75.3 Å². The number of unbranched alkanes of at least 4 members (excludes halogenated alkanes) is 18. The van der Waals surface area contributed by atoms with E-state index in [9.17, 15) is 0 Å². The van der Waals surface area contributed by atoms with E-state index in [1.807, 2.05) is 0 Å². The standard InChI is InChI=1S/C60H93Si.3ClH.Ti/c1-8-14-20-26-34-51-41-52(35-27-21-15-9-2)45-57(44-51)61(60-40-32-33-50(60)7,58-46-53(36-28-22-16-10-3)42-54(47-58)37-29-23-17-11-4)59-48-55(38-30-24-18-12-5)43-56(49-59)39-31-25-19-13-6;;;;/h32,41-49H,8-31,34-40H2,1-7H3;3*1H;/q;;;;+3/p-3. The van der Waals surface area contributed by atoms with Crippen molar-refractivity contribution in [1.82, 2.24) is 0 Å². The smallest absolute Gasteiger partial charge is 1.00 e. The SMILES string of the molecule is CCCCCCc1cc(CCCCCC)cc([Si](C2=C(C)[C]([Ti+3])=CC2)(c2cc(CCCCCC)cc(CCCCCC)c2)c2cc(CCCCCC)cc(CCCCCC)c2)c1.[Cl-].[Cl-].[Cl-]. The molecule has 0 atom stereocenters. The Morgan fingerprint density at radius 1 is 0.354 bits per heavy atom. The van der Waals surface area contributed by atoms with Gasteiger partial charge < -0.3 is 37.2 Å². The summed E-state index contributed by atoms with van der Waals surface area (Å²) in [5.74, 6) is 0. The van der Waals surface area contributed by atoms with Crippen molar-refractivity contribution in [2.75, 3.05) is 0 Å². The minimum absolute atomic E-state index is 0. The van der Waals surface area contributed by atoms with E-state index in [2.05, 4.69) is 130 Å². The zero-order chi connectivity index (χ0) is 44.4. The molecule has 0 aliphatic heterocycles. The van der Waals surface area contributed by atoms with Crippen molar-refractivity contribution in [2.24, 2.45) is 0 Å². The van der Waals surface area contributed by atoms with Gasteiger partial charge in [0.25, 0.3) is 0 Å². The third-order valence-electron chi connectivity index (χ3n) is 14.2. The van der Waals surface area contributed by atoms with Crippen molar-refractivity contribution in [2.45, 2.75) is 248 Å². The molecule has 0 amide bonds. The quantitative estimate of drug-likeness (QED) is 0.0329. The molecule has 65 heavy (non-hydrogen) atoms. The number of allylic oxidation sites excluding steroid dienone is 4. The third kappa shape index (κ3) is 20.1. The zero-order valence-electron chi connectivity index (χ0n) is 42.8. The average molecular weight is 997 g/mol. The monoisotopic (exact) mass is 995 g/mol. The summed E-state index contributed by atoms with van der Waals surface area (Å²) in [6, 6.07) is 24.8. The number of hydrogen-bond donors (Lipinski definition) is 0. The van der Waals surface area contributed by atoms with Crippen LogP contribution in [0.4, 0.5) is 0 Å². The Labute approximate surface area is 434 Å². The molecule has 5 heteroatoms. The molecule has 0 saturated carbocycles. The zero-order valence-corrected chi connectivity index (χ0v) is 47.7. The summed E-state index contributed by atoms with van der Waals surface area (Å²) < 4.78 is 1.51. The van der Waals surface area contributed by atoms with E-state index in [0.29, 0.717) is 0 Å². The van der Waals surface area contributed by atoms with Gasteiger partial charge in [0.1, 0.15) is 0 Å². The molecule has 362 valence electrons. The molecule has 0 fully saturated rings. The van der Waals surface area contributed by atoms with E-state index in [1.54, 1.807) is 59.7 Å². The number of rotatable bonds is 34. The van der Waals surface area contributed by atoms with Gasteiger partial charge in [-0.15, -0.1) is 0 Å². The van der Waals surface area contributed by atoms with Crippen molar-refractivity contribution in [3.8, 4) is 0 Å². The molecule has 1 aliphatic rings. The van der Waals surface area contributed by atoms with Crippen molar-refractivity contribution in [3.63, 3.8) is 0 Å². The predicted molar refractivity (Wildman–Crippen MR) is 276 cm³/mol. The Bertz CT molecular complexity index is 1530. The maximum atomic E-state index is 2.80. The molecule has 0 N–H and O–H groups in total. The third-order valence-corrected chi connectivity index (χ3v) is 20.0. The summed E-state index contributed by atoms with van der Waals surface area (Å²) in [6.07, 6.45) is 42.6. The minimum atomic E-state index is -2.78. The molecule has 0 aromatic heterocycles. The summed E-state index contributed by atoms with van der Waals surface area (Å²) in [7, 11) is -2.78. The minimum Gasteiger partial charge on any atom is -1.00 e. The van der Waals surface area contributed by atoms with Gasteiger partial charge in [-0.25, -0.2) is 0 Å². The normalized spacial score (nSPS) is 12.5. The molecule has 0 spiro atoms. The molecule has 0 radical (unpaired) electrons. The number of benzene rings is 3. The van der Waals surface area contributed by atoms with E-state index >= 15 is 0 Å². The van der Waals surface area contributed by atoms with Gasteiger partial charge >= 0.3 is 359 Å². The van der Waals surface area contributed by atoms with E-state index < -0.39 is 8.07 Å². The number of hydrogen-bond acceptors (Lipinski definition) is 0. The molecule has 0 heterocycles. The van der Waals surface area contributed by atoms with Crippen LogP contribution in [-0.4, -0.2) is 8.07 Å². The molecule has 0 bridgehead atoms. The van der Waals surface area contributed by atoms with Crippen LogP contribution in [0.3, 0.4) is 0 Å². The van der Waals surface area contributed by atoms with Crippen LogP contribution in [0.5, 0.6) is 0 Å². The van der Waals surface area contributed by atoms with Crippen molar-refractivity contribution in [3.05, 3.63) is 109 Å². The summed E-state index contributed by atoms with van der Waals surface area (Å²) in [5, 5.41) is 6.84. The Kier molecular flexibility index (Phi) is 34.3. The van der Waals surface area contributed by atoms with Crippen LogP contribution in [0.1, 0.15) is 242 Å². The molecule has 0 saturated heterocycles. The van der Waals surface area contributed by atoms with Crippen LogP contribution in [-0.2, 0) is 59.0 Å². The van der Waals surface area contributed by atoms with E-state index in [0.717, 1.165) is 6.42 Å². The second kappa shape index (κ2) is 36.0. The van der Waals surface area contributed by atoms with E-state index in [1.165, 1.54) is 197 Å². The maximum Gasteiger partial charge on any atom is -1.00 e. The topological polar surface area (TPSA) is 0 Å². The Morgan fingerprint density at radius 2 is 0.585 bits per heavy atom. The largest absolute Gasteiger partial charge is 1.00 e. The fraction of sp³-hybridized carbons (Fsp3) is 0.633. The molecular weight excluding hydrogens is 903 g/mol. The molecule has 3 aromatic rings. The Hall–Kier alpha value is -1.06. The summed E-state index contributed by atoms with van der Waals surface area (Å²) >= 11 is 2.41. The molecule has 3 aromatic carbocycles. The first kappa shape index (κ1) is 62.0. The van der Waals surface area contributed by atoms with Gasteiger partial charge in [0, 0.05) is 0 Å². The van der Waals surface area contributed by atoms with Crippen molar-refractivity contribution >= 4 is 23.6 Å². The molecule has 1 aliphatic carbocycles. The van der Waals surface area contributed by atoms with Gasteiger partial charge in [-0.3, -0.25) is 0 Å². The van der Waals surface area contributed by atoms with Crippen molar-refractivity contribution in [1.29, 1.82) is 0 Å². The Balaban J connectivity index is 0.00000704. The van der Waals surface area contributed by atoms with Crippen LogP contribution < -0.4 is 52.8 Å². The maximum absolute atomic E-state index is 2.80. The Morgan fingerprint density at radius 3 is 0.769 bits per heavy atom. The van der Waals surface area contributed by atoms with E-state index in [4.69, 9.17) is 0 Å². The van der Waals surface area contributed by atoms with Gasteiger partial charge in [0.15, 0.2) is 0 Å². The summed E-state index contributed by atoms with van der Waals surface area (Å²) in [4.78, 5) is 0. The number of aryl methyl sites for hydroxylation is 6. The first-order valence-corrected chi connectivity index (χ1v) is 29.6. The second-order valence-electron chi connectivity index (χ2n) is 19.7. The van der Waals surface area contributed by atoms with E-state index in [-0.39, 0.29) is 37.2 Å². The fourth-order valence-electron chi connectivity index (χ4n) is 10.5. The summed E-state index contributed by atoms with van der Waals surface area (Å²) in [5.41, 5.74) is 11.2. The van der Waals surface area contributed by atoms with Gasteiger partial charge in [-0.1, -0.05) is 41.5 Å². The van der Waals surface area contributed by atoms with Gasteiger partial charge in [0.2, 0.25) is 0 Å². The van der Waals surface area contributed by atoms with Crippen LogP contribution in [0.25, 0.3) is 0 Å².